The third kappa shape index (κ3) is 3.80. The fourth-order valence-electron chi connectivity index (χ4n) is 1.45. The van der Waals surface area contributed by atoms with Gasteiger partial charge in [-0.2, -0.15) is 9.36 Å². The van der Waals surface area contributed by atoms with Crippen LogP contribution in [0.25, 0.3) is 0 Å². The number of ether oxygens (including phenoxy) is 3. The molecule has 0 aliphatic carbocycles. The first kappa shape index (κ1) is 13.1. The molecule has 1 unspecified atom stereocenters. The third-order valence-corrected chi connectivity index (χ3v) is 3.60. The van der Waals surface area contributed by atoms with Crippen LogP contribution in [0.3, 0.4) is 0 Å². The fraction of sp³-hybridized carbons (Fsp3) is 0.800. The van der Waals surface area contributed by atoms with Crippen LogP contribution in [0.15, 0.2) is 5.16 Å². The van der Waals surface area contributed by atoms with Gasteiger partial charge in [0.05, 0.1) is 6.61 Å². The summed E-state index contributed by atoms with van der Waals surface area (Å²) in [4.78, 5) is 4.25. The van der Waals surface area contributed by atoms with Crippen molar-refractivity contribution in [2.24, 2.45) is 0 Å². The topological polar surface area (TPSA) is 53.5 Å². The van der Waals surface area contributed by atoms with E-state index in [1.807, 2.05) is 13.8 Å². The lowest BCUT2D eigenvalue weighted by Crippen LogP contribution is -2.25. The van der Waals surface area contributed by atoms with Gasteiger partial charge in [0.1, 0.15) is 12.7 Å². The Bertz CT molecular complexity index is 370. The van der Waals surface area contributed by atoms with Gasteiger partial charge in [-0.05, 0) is 19.6 Å². The molecule has 1 fully saturated rings. The summed E-state index contributed by atoms with van der Waals surface area (Å²) in [6.45, 7) is 6.87. The highest BCUT2D eigenvalue weighted by Gasteiger charge is 2.33. The van der Waals surface area contributed by atoms with Crippen molar-refractivity contribution in [2.45, 2.75) is 37.8 Å². The predicted molar refractivity (Wildman–Crippen MR) is 66.7 cm³/mol. The first-order chi connectivity index (χ1) is 8.09. The molecular formula is C10H16N2O3S2. The Morgan fingerprint density at radius 3 is 3.06 bits per heavy atom. The van der Waals surface area contributed by atoms with Gasteiger partial charge < -0.3 is 14.2 Å². The lowest BCUT2D eigenvalue weighted by Gasteiger charge is -2.16. The van der Waals surface area contributed by atoms with E-state index in [0.29, 0.717) is 18.4 Å². The van der Waals surface area contributed by atoms with Gasteiger partial charge in [0, 0.05) is 11.5 Å². The van der Waals surface area contributed by atoms with Crippen molar-refractivity contribution >= 4 is 23.3 Å². The van der Waals surface area contributed by atoms with E-state index in [9.17, 15) is 0 Å². The minimum atomic E-state index is -0.502. The molecule has 7 heteroatoms. The Morgan fingerprint density at radius 2 is 2.41 bits per heavy atom. The molecule has 1 atom stereocenters. The van der Waals surface area contributed by atoms with Crippen molar-refractivity contribution in [3.8, 4) is 5.19 Å². The maximum Gasteiger partial charge on any atom is 0.294 e. The number of hydrogen-bond donors (Lipinski definition) is 0. The summed E-state index contributed by atoms with van der Waals surface area (Å²) in [7, 11) is 0. The Hall–Kier alpha value is -0.370. The van der Waals surface area contributed by atoms with Gasteiger partial charge in [-0.3, -0.25) is 0 Å². The second-order valence-corrected chi connectivity index (χ2v) is 5.98. The zero-order valence-corrected chi connectivity index (χ0v) is 11.8. The van der Waals surface area contributed by atoms with Crippen LogP contribution in [-0.4, -0.2) is 40.2 Å². The summed E-state index contributed by atoms with van der Waals surface area (Å²) in [5, 5.41) is 1.37. The van der Waals surface area contributed by atoms with Crippen LogP contribution < -0.4 is 4.74 Å². The van der Waals surface area contributed by atoms with E-state index >= 15 is 0 Å². The Morgan fingerprint density at radius 1 is 1.59 bits per heavy atom. The van der Waals surface area contributed by atoms with Crippen LogP contribution in [0.5, 0.6) is 5.19 Å². The molecule has 5 nitrogen and oxygen atoms in total. The molecule has 0 spiro atoms. The van der Waals surface area contributed by atoms with Crippen LogP contribution in [0.1, 0.15) is 20.8 Å². The smallest absolute Gasteiger partial charge is 0.294 e. The Labute approximate surface area is 109 Å². The van der Waals surface area contributed by atoms with Gasteiger partial charge in [-0.15, -0.1) is 0 Å². The van der Waals surface area contributed by atoms with Gasteiger partial charge in [-0.1, -0.05) is 18.7 Å². The molecule has 1 saturated heterocycles. The van der Waals surface area contributed by atoms with E-state index in [-0.39, 0.29) is 6.10 Å². The Balaban J connectivity index is 1.78. The molecule has 1 aromatic rings. The standard InChI is InChI=1S/C10H16N2O3S2/c1-4-16-8-11-9(17-12-8)13-5-7-6-14-10(2,3)15-7/h7H,4-6H2,1-3H3. The zero-order chi connectivity index (χ0) is 12.3. The summed E-state index contributed by atoms with van der Waals surface area (Å²) >= 11 is 2.88. The monoisotopic (exact) mass is 276 g/mol. The fourth-order valence-corrected chi connectivity index (χ4v) is 2.68. The van der Waals surface area contributed by atoms with E-state index in [4.69, 9.17) is 14.2 Å². The third-order valence-electron chi connectivity index (χ3n) is 2.12. The summed E-state index contributed by atoms with van der Waals surface area (Å²) in [6, 6.07) is 0. The van der Waals surface area contributed by atoms with E-state index in [0.717, 1.165) is 10.9 Å². The molecule has 1 aliphatic heterocycles. The zero-order valence-electron chi connectivity index (χ0n) is 10.1. The maximum atomic E-state index is 5.63. The second kappa shape index (κ2) is 5.51. The quantitative estimate of drug-likeness (QED) is 0.768. The van der Waals surface area contributed by atoms with Crippen LogP contribution in [0.4, 0.5) is 0 Å². The number of aromatic nitrogens is 2. The molecule has 0 aromatic carbocycles. The van der Waals surface area contributed by atoms with Crippen molar-refractivity contribution in [1.82, 2.24) is 9.36 Å². The molecule has 0 saturated carbocycles. The van der Waals surface area contributed by atoms with Crippen molar-refractivity contribution in [3.05, 3.63) is 0 Å². The molecule has 0 bridgehead atoms. The van der Waals surface area contributed by atoms with Gasteiger partial charge in [0.25, 0.3) is 5.19 Å². The highest BCUT2D eigenvalue weighted by atomic mass is 32.2. The van der Waals surface area contributed by atoms with Gasteiger partial charge in [0.15, 0.2) is 5.79 Å². The van der Waals surface area contributed by atoms with E-state index in [1.165, 1.54) is 11.5 Å². The van der Waals surface area contributed by atoms with Gasteiger partial charge in [-0.25, -0.2) is 0 Å². The van der Waals surface area contributed by atoms with E-state index in [2.05, 4.69) is 16.3 Å². The second-order valence-electron chi connectivity index (χ2n) is 4.04. The van der Waals surface area contributed by atoms with Crippen LogP contribution >= 0.6 is 23.3 Å². The van der Waals surface area contributed by atoms with Crippen molar-refractivity contribution in [2.75, 3.05) is 19.0 Å². The number of nitrogens with zero attached hydrogens (tertiary/aromatic N) is 2. The summed E-state index contributed by atoms with van der Waals surface area (Å²) in [5.74, 6) is 0.461. The van der Waals surface area contributed by atoms with E-state index < -0.39 is 5.79 Å². The summed E-state index contributed by atoms with van der Waals surface area (Å²) in [5.41, 5.74) is 0. The normalized spacial score (nSPS) is 22.9. The average Bonchev–Trinajstić information content (AvgIpc) is 2.83. The van der Waals surface area contributed by atoms with Crippen molar-refractivity contribution in [3.63, 3.8) is 0 Å². The first-order valence-electron chi connectivity index (χ1n) is 5.50. The van der Waals surface area contributed by atoms with Crippen LogP contribution in [0.2, 0.25) is 0 Å². The molecule has 2 heterocycles. The Kier molecular flexibility index (Phi) is 4.24. The molecule has 0 N–H and O–H groups in total. The summed E-state index contributed by atoms with van der Waals surface area (Å²) < 4.78 is 20.8. The minimum absolute atomic E-state index is 0.0313. The largest absolute Gasteiger partial charge is 0.466 e. The first-order valence-corrected chi connectivity index (χ1v) is 7.26. The molecular weight excluding hydrogens is 260 g/mol. The SMILES string of the molecule is CCSc1nsc(OCC2COC(C)(C)O2)n1. The molecule has 2 rings (SSSR count). The predicted octanol–water partition coefficient (Wildman–Crippen LogP) is 2.18. The number of thioether (sulfide) groups is 1. The maximum absolute atomic E-state index is 5.63. The molecule has 0 radical (unpaired) electrons. The highest BCUT2D eigenvalue weighted by Crippen LogP contribution is 2.25. The molecule has 1 aromatic heterocycles. The molecule has 1 aliphatic rings. The van der Waals surface area contributed by atoms with Gasteiger partial charge >= 0.3 is 0 Å². The summed E-state index contributed by atoms with van der Waals surface area (Å²) in [6.07, 6.45) is -0.0313. The van der Waals surface area contributed by atoms with E-state index in [1.54, 1.807) is 11.8 Å². The molecule has 96 valence electrons. The average molecular weight is 276 g/mol. The molecule has 0 amide bonds. The van der Waals surface area contributed by atoms with Crippen molar-refractivity contribution < 1.29 is 14.2 Å². The number of rotatable bonds is 5. The highest BCUT2D eigenvalue weighted by molar-refractivity contribution is 7.99. The number of hydrogen-bond acceptors (Lipinski definition) is 7. The van der Waals surface area contributed by atoms with Crippen LogP contribution in [0, 0.1) is 0 Å². The molecule has 17 heavy (non-hydrogen) atoms. The van der Waals surface area contributed by atoms with Crippen LogP contribution in [-0.2, 0) is 9.47 Å². The lowest BCUT2D eigenvalue weighted by atomic mass is 10.4. The van der Waals surface area contributed by atoms with Crippen molar-refractivity contribution in [1.29, 1.82) is 0 Å². The van der Waals surface area contributed by atoms with Gasteiger partial charge in [0.2, 0.25) is 5.16 Å². The minimum Gasteiger partial charge on any atom is -0.466 e. The lowest BCUT2D eigenvalue weighted by molar-refractivity contribution is -0.141.